The number of nitrogens with two attached hydrogens (primary N) is 1. The fraction of sp³-hybridized carbons (Fsp3) is 0.125. The van der Waals surface area contributed by atoms with Crippen molar-refractivity contribution in [3.05, 3.63) is 23.8 Å². The van der Waals surface area contributed by atoms with E-state index in [1.54, 1.807) is 18.2 Å². The monoisotopic (exact) mass is 199 g/mol. The fourth-order valence-electron chi connectivity index (χ4n) is 0.885. The SMILES string of the molecule is COc1ccc(NN)cc1C#N.Cl. The summed E-state index contributed by atoms with van der Waals surface area (Å²) in [5.74, 6) is 5.72. The van der Waals surface area contributed by atoms with E-state index in [2.05, 4.69) is 5.43 Å². The van der Waals surface area contributed by atoms with Crippen molar-refractivity contribution in [1.82, 2.24) is 0 Å². The maximum Gasteiger partial charge on any atom is 0.136 e. The van der Waals surface area contributed by atoms with E-state index in [-0.39, 0.29) is 12.4 Å². The van der Waals surface area contributed by atoms with Crippen molar-refractivity contribution in [1.29, 1.82) is 5.26 Å². The van der Waals surface area contributed by atoms with Gasteiger partial charge < -0.3 is 10.2 Å². The summed E-state index contributed by atoms with van der Waals surface area (Å²) in [5, 5.41) is 8.67. The van der Waals surface area contributed by atoms with Crippen molar-refractivity contribution in [2.75, 3.05) is 12.5 Å². The van der Waals surface area contributed by atoms with E-state index in [1.807, 2.05) is 6.07 Å². The van der Waals surface area contributed by atoms with Gasteiger partial charge in [0.2, 0.25) is 0 Å². The van der Waals surface area contributed by atoms with E-state index >= 15 is 0 Å². The van der Waals surface area contributed by atoms with Gasteiger partial charge in [0.1, 0.15) is 11.8 Å². The van der Waals surface area contributed by atoms with Gasteiger partial charge in [-0.1, -0.05) is 0 Å². The van der Waals surface area contributed by atoms with Crippen LogP contribution in [0.25, 0.3) is 0 Å². The first-order valence-electron chi connectivity index (χ1n) is 3.36. The lowest BCUT2D eigenvalue weighted by Gasteiger charge is -2.04. The highest BCUT2D eigenvalue weighted by atomic mass is 35.5. The molecule has 0 aliphatic carbocycles. The van der Waals surface area contributed by atoms with Gasteiger partial charge in [-0.15, -0.1) is 12.4 Å². The van der Waals surface area contributed by atoms with Crippen molar-refractivity contribution in [3.63, 3.8) is 0 Å². The molecule has 0 spiro atoms. The van der Waals surface area contributed by atoms with Crippen molar-refractivity contribution in [3.8, 4) is 11.8 Å². The molecule has 13 heavy (non-hydrogen) atoms. The molecular formula is C8H10ClN3O. The molecule has 5 heteroatoms. The number of hydrogen-bond donors (Lipinski definition) is 2. The molecule has 0 aliphatic heterocycles. The molecule has 0 saturated heterocycles. The Morgan fingerprint density at radius 1 is 1.54 bits per heavy atom. The maximum absolute atomic E-state index is 8.67. The van der Waals surface area contributed by atoms with Crippen molar-refractivity contribution >= 4 is 18.1 Å². The van der Waals surface area contributed by atoms with Gasteiger partial charge in [-0.3, -0.25) is 5.84 Å². The van der Waals surface area contributed by atoms with E-state index in [0.29, 0.717) is 17.0 Å². The number of hydrogen-bond acceptors (Lipinski definition) is 4. The van der Waals surface area contributed by atoms with Gasteiger partial charge in [-0.05, 0) is 18.2 Å². The molecule has 0 heterocycles. The van der Waals surface area contributed by atoms with Crippen LogP contribution in [0.5, 0.6) is 5.75 Å². The molecule has 70 valence electrons. The second kappa shape index (κ2) is 5.25. The number of nitrogens with one attached hydrogen (secondary N) is 1. The average molecular weight is 200 g/mol. The van der Waals surface area contributed by atoms with Gasteiger partial charge in [0.05, 0.1) is 18.4 Å². The van der Waals surface area contributed by atoms with E-state index in [9.17, 15) is 0 Å². The Hall–Kier alpha value is -1.44. The molecular weight excluding hydrogens is 190 g/mol. The lowest BCUT2D eigenvalue weighted by Crippen LogP contribution is -2.06. The van der Waals surface area contributed by atoms with Crippen LogP contribution in [0.1, 0.15) is 5.56 Å². The lowest BCUT2D eigenvalue weighted by molar-refractivity contribution is 0.413. The minimum Gasteiger partial charge on any atom is -0.495 e. The smallest absolute Gasteiger partial charge is 0.136 e. The highest BCUT2D eigenvalue weighted by molar-refractivity contribution is 5.85. The summed E-state index contributed by atoms with van der Waals surface area (Å²) in [6, 6.07) is 7.05. The van der Waals surface area contributed by atoms with Crippen LogP contribution in [-0.2, 0) is 0 Å². The number of methoxy groups -OCH3 is 1. The summed E-state index contributed by atoms with van der Waals surface area (Å²) < 4.78 is 4.94. The first-order valence-corrected chi connectivity index (χ1v) is 3.36. The topological polar surface area (TPSA) is 71.1 Å². The first-order chi connectivity index (χ1) is 5.81. The van der Waals surface area contributed by atoms with Gasteiger partial charge in [0.15, 0.2) is 0 Å². The second-order valence-corrected chi connectivity index (χ2v) is 2.17. The highest BCUT2D eigenvalue weighted by Gasteiger charge is 2.01. The van der Waals surface area contributed by atoms with Gasteiger partial charge in [0, 0.05) is 0 Å². The molecule has 0 aliphatic rings. The Balaban J connectivity index is 0.00000144. The van der Waals surface area contributed by atoms with Crippen molar-refractivity contribution < 1.29 is 4.74 Å². The van der Waals surface area contributed by atoms with E-state index in [4.69, 9.17) is 15.8 Å². The summed E-state index contributed by atoms with van der Waals surface area (Å²) in [6.07, 6.45) is 0. The molecule has 0 amide bonds. The summed E-state index contributed by atoms with van der Waals surface area (Å²) in [5.41, 5.74) is 3.60. The predicted octanol–water partition coefficient (Wildman–Crippen LogP) is 1.27. The van der Waals surface area contributed by atoms with Crippen molar-refractivity contribution in [2.45, 2.75) is 0 Å². The third kappa shape index (κ3) is 2.51. The van der Waals surface area contributed by atoms with Crippen LogP contribution in [0.15, 0.2) is 18.2 Å². The van der Waals surface area contributed by atoms with Crippen LogP contribution in [0, 0.1) is 11.3 Å². The average Bonchev–Trinajstić information content (AvgIpc) is 2.16. The number of benzene rings is 1. The zero-order valence-corrected chi connectivity index (χ0v) is 7.89. The number of rotatable bonds is 2. The Morgan fingerprint density at radius 3 is 2.69 bits per heavy atom. The molecule has 0 fully saturated rings. The molecule has 0 radical (unpaired) electrons. The zero-order valence-electron chi connectivity index (χ0n) is 7.07. The molecule has 1 rings (SSSR count). The molecule has 1 aromatic carbocycles. The lowest BCUT2D eigenvalue weighted by atomic mass is 10.2. The van der Waals surface area contributed by atoms with Crippen LogP contribution in [0.4, 0.5) is 5.69 Å². The molecule has 4 nitrogen and oxygen atoms in total. The number of halogens is 1. The largest absolute Gasteiger partial charge is 0.495 e. The van der Waals surface area contributed by atoms with Gasteiger partial charge >= 0.3 is 0 Å². The summed E-state index contributed by atoms with van der Waals surface area (Å²) >= 11 is 0. The normalized spacial score (nSPS) is 8.08. The Kier molecular flexibility index (Phi) is 4.67. The predicted molar refractivity (Wildman–Crippen MR) is 52.8 cm³/mol. The summed E-state index contributed by atoms with van der Waals surface area (Å²) in [4.78, 5) is 0. The van der Waals surface area contributed by atoms with Gasteiger partial charge in [-0.25, -0.2) is 0 Å². The second-order valence-electron chi connectivity index (χ2n) is 2.17. The minimum atomic E-state index is 0. The van der Waals surface area contributed by atoms with E-state index in [0.717, 1.165) is 0 Å². The Morgan fingerprint density at radius 2 is 2.23 bits per heavy atom. The molecule has 0 bridgehead atoms. The van der Waals surface area contributed by atoms with Crippen LogP contribution >= 0.6 is 12.4 Å². The Bertz CT molecular complexity index is 322. The number of ether oxygens (including phenoxy) is 1. The van der Waals surface area contributed by atoms with Crippen LogP contribution in [0.3, 0.4) is 0 Å². The first kappa shape index (κ1) is 11.6. The number of nitriles is 1. The fourth-order valence-corrected chi connectivity index (χ4v) is 0.885. The quantitative estimate of drug-likeness (QED) is 0.556. The number of hydrazine groups is 1. The molecule has 1 aromatic rings. The highest BCUT2D eigenvalue weighted by Crippen LogP contribution is 2.20. The molecule has 0 saturated carbocycles. The van der Waals surface area contributed by atoms with Crippen LogP contribution in [-0.4, -0.2) is 7.11 Å². The standard InChI is InChI=1S/C8H9N3O.ClH/c1-12-8-3-2-7(11-10)4-6(8)5-9;/h2-4,11H,10H2,1H3;1H. The van der Waals surface area contributed by atoms with Crippen LogP contribution in [0.2, 0.25) is 0 Å². The third-order valence-corrected chi connectivity index (χ3v) is 1.49. The minimum absolute atomic E-state index is 0. The van der Waals surface area contributed by atoms with E-state index in [1.165, 1.54) is 7.11 Å². The van der Waals surface area contributed by atoms with Gasteiger partial charge in [-0.2, -0.15) is 5.26 Å². The molecule has 0 atom stereocenters. The van der Waals surface area contributed by atoms with E-state index < -0.39 is 0 Å². The molecule has 3 N–H and O–H groups in total. The van der Waals surface area contributed by atoms with Crippen molar-refractivity contribution in [2.24, 2.45) is 5.84 Å². The number of anilines is 1. The van der Waals surface area contributed by atoms with Crippen LogP contribution < -0.4 is 16.0 Å². The molecule has 0 unspecified atom stereocenters. The Labute approximate surface area is 82.7 Å². The third-order valence-electron chi connectivity index (χ3n) is 1.49. The number of nitrogens with zero attached hydrogens (tertiary/aromatic N) is 1. The number of nitrogen functional groups attached to an aromatic ring is 1. The summed E-state index contributed by atoms with van der Waals surface area (Å²) in [6.45, 7) is 0. The molecule has 0 aromatic heterocycles. The zero-order chi connectivity index (χ0) is 8.97. The summed E-state index contributed by atoms with van der Waals surface area (Å²) in [7, 11) is 1.52. The maximum atomic E-state index is 8.67. The van der Waals surface area contributed by atoms with Gasteiger partial charge in [0.25, 0.3) is 0 Å².